The van der Waals surface area contributed by atoms with Gasteiger partial charge in [0.25, 0.3) is 5.56 Å². The number of hydrogen-bond acceptors (Lipinski definition) is 7. The molecule has 0 amide bonds. The normalized spacial score (nSPS) is 23.5. The van der Waals surface area contributed by atoms with Crippen LogP contribution in [0, 0.1) is 11.8 Å². The molecule has 9 heteroatoms. The van der Waals surface area contributed by atoms with Crippen LogP contribution in [0.25, 0.3) is 10.1 Å². The average molecular weight is 496 g/mol. The van der Waals surface area contributed by atoms with Gasteiger partial charge in [-0.15, -0.1) is 0 Å². The number of fused-ring (bicyclic) bond motifs is 2. The molecular weight excluding hydrogens is 462 g/mol. The van der Waals surface area contributed by atoms with Crippen LogP contribution in [0.3, 0.4) is 0 Å². The van der Waals surface area contributed by atoms with Crippen LogP contribution in [0.2, 0.25) is 0 Å². The van der Waals surface area contributed by atoms with Crippen LogP contribution >= 0.6 is 11.5 Å². The molecule has 1 aromatic carbocycles. The molecule has 0 bridgehead atoms. The fourth-order valence-electron chi connectivity index (χ4n) is 6.09. The maximum Gasteiger partial charge on any atom is 0.331 e. The lowest BCUT2D eigenvalue weighted by molar-refractivity contribution is 0.0795. The summed E-state index contributed by atoms with van der Waals surface area (Å²) in [6, 6.07) is 10.1. The highest BCUT2D eigenvalue weighted by Gasteiger charge is 2.30. The van der Waals surface area contributed by atoms with Crippen LogP contribution < -0.4 is 16.1 Å². The number of nitrogens with zero attached hydrogens (tertiary/aromatic N) is 5. The fraction of sp³-hybridized carbons (Fsp3) is 0.577. The van der Waals surface area contributed by atoms with Crippen molar-refractivity contribution in [2.75, 3.05) is 44.2 Å². The van der Waals surface area contributed by atoms with E-state index in [9.17, 15) is 9.59 Å². The minimum absolute atomic E-state index is 0.163. The van der Waals surface area contributed by atoms with Gasteiger partial charge < -0.3 is 9.64 Å². The Balaban J connectivity index is 1.12. The quantitative estimate of drug-likeness (QED) is 0.542. The van der Waals surface area contributed by atoms with E-state index in [-0.39, 0.29) is 11.2 Å². The Hall–Kier alpha value is -2.49. The van der Waals surface area contributed by atoms with Crippen molar-refractivity contribution in [1.29, 1.82) is 0 Å². The van der Waals surface area contributed by atoms with Gasteiger partial charge in [0.05, 0.1) is 30.2 Å². The largest absolute Gasteiger partial charge is 0.373 e. The average Bonchev–Trinajstić information content (AvgIpc) is 3.32. The zero-order valence-electron chi connectivity index (χ0n) is 20.1. The maximum absolute atomic E-state index is 13.1. The summed E-state index contributed by atoms with van der Waals surface area (Å²) < 4.78 is 14.6. The predicted octanol–water partition coefficient (Wildman–Crippen LogP) is 2.78. The minimum atomic E-state index is -0.180. The molecule has 3 aliphatic rings. The first-order chi connectivity index (χ1) is 17.2. The number of anilines is 1. The van der Waals surface area contributed by atoms with Crippen molar-refractivity contribution in [3.63, 3.8) is 0 Å². The lowest BCUT2D eigenvalue weighted by atomic mass is 9.78. The van der Waals surface area contributed by atoms with Gasteiger partial charge in [-0.1, -0.05) is 25.0 Å². The summed E-state index contributed by atoms with van der Waals surface area (Å²) in [6.45, 7) is 7.01. The zero-order valence-corrected chi connectivity index (χ0v) is 20.9. The van der Waals surface area contributed by atoms with E-state index in [0.29, 0.717) is 43.8 Å². The lowest BCUT2D eigenvalue weighted by Crippen LogP contribution is -2.50. The van der Waals surface area contributed by atoms with Crippen molar-refractivity contribution in [3.8, 4) is 0 Å². The molecule has 6 rings (SSSR count). The number of benzene rings is 1. The summed E-state index contributed by atoms with van der Waals surface area (Å²) >= 11 is 1.58. The first-order valence-corrected chi connectivity index (χ1v) is 13.7. The van der Waals surface area contributed by atoms with Crippen LogP contribution in [0.1, 0.15) is 31.4 Å². The van der Waals surface area contributed by atoms with Gasteiger partial charge in [-0.05, 0) is 48.3 Å². The molecule has 2 aliphatic heterocycles. The molecule has 2 atom stereocenters. The van der Waals surface area contributed by atoms with Gasteiger partial charge in [0, 0.05) is 50.7 Å². The van der Waals surface area contributed by atoms with Crippen LogP contribution in [-0.2, 0) is 24.4 Å². The van der Waals surface area contributed by atoms with E-state index in [1.54, 1.807) is 22.2 Å². The van der Waals surface area contributed by atoms with Crippen LogP contribution in [0.5, 0.6) is 0 Å². The topological polar surface area (TPSA) is 72.6 Å². The number of rotatable bonds is 5. The zero-order chi connectivity index (χ0) is 23.8. The molecule has 35 heavy (non-hydrogen) atoms. The summed E-state index contributed by atoms with van der Waals surface area (Å²) in [7, 11) is 0. The van der Waals surface area contributed by atoms with Gasteiger partial charge in [0.2, 0.25) is 0 Å². The Labute approximate surface area is 208 Å². The van der Waals surface area contributed by atoms with Crippen LogP contribution in [0.4, 0.5) is 5.82 Å². The summed E-state index contributed by atoms with van der Waals surface area (Å²) in [6.07, 6.45) is 4.69. The first-order valence-electron chi connectivity index (χ1n) is 12.9. The van der Waals surface area contributed by atoms with E-state index in [1.165, 1.54) is 33.9 Å². The SMILES string of the molecule is O=c1cc2n(c(=O)n1CC1CCCCC1CN1CCN(c3nsc4ccccc34)CC1)CCOC2. The number of ether oxygens (including phenoxy) is 1. The van der Waals surface area contributed by atoms with Gasteiger partial charge >= 0.3 is 5.69 Å². The molecule has 2 aromatic heterocycles. The number of aromatic nitrogens is 3. The molecular formula is C26H33N5O3S. The Bertz CT molecular complexity index is 1310. The Morgan fingerprint density at radius 3 is 2.57 bits per heavy atom. The molecule has 1 saturated carbocycles. The second-order valence-electron chi connectivity index (χ2n) is 10.2. The third kappa shape index (κ3) is 4.57. The van der Waals surface area contributed by atoms with Gasteiger partial charge in [0.1, 0.15) is 5.82 Å². The van der Waals surface area contributed by atoms with Gasteiger partial charge in [0.15, 0.2) is 0 Å². The Morgan fingerprint density at radius 1 is 0.971 bits per heavy atom. The summed E-state index contributed by atoms with van der Waals surface area (Å²) in [5.41, 5.74) is 0.359. The lowest BCUT2D eigenvalue weighted by Gasteiger charge is -2.40. The highest BCUT2D eigenvalue weighted by atomic mass is 32.1. The van der Waals surface area contributed by atoms with E-state index in [4.69, 9.17) is 9.11 Å². The second kappa shape index (κ2) is 9.87. The van der Waals surface area contributed by atoms with Crippen molar-refractivity contribution in [3.05, 3.63) is 56.9 Å². The molecule has 186 valence electrons. The smallest absolute Gasteiger partial charge is 0.331 e. The van der Waals surface area contributed by atoms with Gasteiger partial charge in [-0.2, -0.15) is 4.37 Å². The van der Waals surface area contributed by atoms with Gasteiger partial charge in [-0.3, -0.25) is 18.8 Å². The molecule has 4 heterocycles. The van der Waals surface area contributed by atoms with E-state index in [1.807, 2.05) is 0 Å². The molecule has 0 spiro atoms. The summed E-state index contributed by atoms with van der Waals surface area (Å²) in [5, 5.41) is 1.26. The minimum Gasteiger partial charge on any atom is -0.373 e. The van der Waals surface area contributed by atoms with E-state index < -0.39 is 0 Å². The highest BCUT2D eigenvalue weighted by molar-refractivity contribution is 7.13. The fourth-order valence-corrected chi connectivity index (χ4v) is 6.89. The molecule has 2 unspecified atom stereocenters. The molecule has 3 aromatic rings. The third-order valence-corrected chi connectivity index (χ3v) is 8.90. The first kappa shape index (κ1) is 22.9. The van der Waals surface area contributed by atoms with Crippen LogP contribution in [0.15, 0.2) is 39.9 Å². The Kier molecular flexibility index (Phi) is 6.47. The van der Waals surface area contributed by atoms with Crippen molar-refractivity contribution in [2.45, 2.75) is 45.4 Å². The van der Waals surface area contributed by atoms with E-state index >= 15 is 0 Å². The van der Waals surface area contributed by atoms with Crippen LogP contribution in [-0.4, -0.2) is 57.7 Å². The summed E-state index contributed by atoms with van der Waals surface area (Å²) in [5.74, 6) is 2.01. The van der Waals surface area contributed by atoms with Crippen molar-refractivity contribution in [2.24, 2.45) is 11.8 Å². The van der Waals surface area contributed by atoms with Crippen molar-refractivity contribution in [1.82, 2.24) is 18.4 Å². The molecule has 1 saturated heterocycles. The third-order valence-electron chi connectivity index (χ3n) is 8.08. The Morgan fingerprint density at radius 2 is 1.74 bits per heavy atom. The monoisotopic (exact) mass is 495 g/mol. The molecule has 0 N–H and O–H groups in total. The summed E-state index contributed by atoms with van der Waals surface area (Å²) in [4.78, 5) is 30.9. The van der Waals surface area contributed by atoms with Crippen molar-refractivity contribution >= 4 is 27.4 Å². The molecule has 1 aliphatic carbocycles. The second-order valence-corrected chi connectivity index (χ2v) is 11.0. The standard InChI is InChI=1S/C26H33N5O3S/c32-24-15-21-18-34-14-13-30(21)26(33)31(24)17-20-6-2-1-5-19(20)16-28-9-11-29(12-10-28)25-22-7-3-4-8-23(22)35-27-25/h3-4,7-8,15,19-20H,1-2,5-6,9-14,16-18H2. The molecule has 2 fully saturated rings. The van der Waals surface area contributed by atoms with Gasteiger partial charge in [-0.25, -0.2) is 4.79 Å². The highest BCUT2D eigenvalue weighted by Crippen LogP contribution is 2.33. The van der Waals surface area contributed by atoms with Crippen molar-refractivity contribution < 1.29 is 4.74 Å². The van der Waals surface area contributed by atoms with E-state index in [2.05, 4.69) is 34.1 Å². The predicted molar refractivity (Wildman–Crippen MR) is 138 cm³/mol. The van der Waals surface area contributed by atoms with E-state index in [0.717, 1.165) is 45.0 Å². The number of piperazine rings is 1. The number of hydrogen-bond donors (Lipinski definition) is 0. The maximum atomic E-state index is 13.1. The molecule has 8 nitrogen and oxygen atoms in total. The molecule has 0 radical (unpaired) electrons.